The third kappa shape index (κ3) is 2.74. The van der Waals surface area contributed by atoms with Crippen LogP contribution >= 0.6 is 0 Å². The first-order valence-corrected chi connectivity index (χ1v) is 7.46. The molecule has 1 heterocycles. The highest BCUT2D eigenvalue weighted by molar-refractivity contribution is 5.49. The normalized spacial score (nSPS) is 18.0. The van der Waals surface area contributed by atoms with Crippen LogP contribution in [-0.4, -0.2) is 35.8 Å². The molecule has 0 fully saturated rings. The summed E-state index contributed by atoms with van der Waals surface area (Å²) in [6.07, 6.45) is 1.78. The van der Waals surface area contributed by atoms with Gasteiger partial charge in [-0.1, -0.05) is 12.1 Å². The monoisotopic (exact) mass is 299 g/mol. The van der Waals surface area contributed by atoms with Crippen molar-refractivity contribution in [1.29, 1.82) is 0 Å². The zero-order chi connectivity index (χ0) is 15.7. The fourth-order valence-corrected chi connectivity index (χ4v) is 3.13. The Hall–Kier alpha value is -2.20. The molecule has 4 nitrogen and oxygen atoms in total. The number of likely N-dealkylation sites (N-methyl/N-ethyl adjacent to an activating group) is 1. The molecule has 4 heteroatoms. The molecule has 0 bridgehead atoms. The van der Waals surface area contributed by atoms with Crippen molar-refractivity contribution in [1.82, 2.24) is 4.90 Å². The first-order chi connectivity index (χ1) is 10.6. The van der Waals surface area contributed by atoms with Crippen LogP contribution in [0.5, 0.6) is 17.2 Å². The van der Waals surface area contributed by atoms with E-state index in [1.54, 1.807) is 19.2 Å². The Bertz CT molecular complexity index is 667. The minimum atomic E-state index is 0.203. The van der Waals surface area contributed by atoms with Gasteiger partial charge in [-0.2, -0.15) is 0 Å². The third-order valence-electron chi connectivity index (χ3n) is 4.43. The van der Waals surface area contributed by atoms with Crippen LogP contribution in [0.2, 0.25) is 0 Å². The van der Waals surface area contributed by atoms with E-state index in [2.05, 4.69) is 11.9 Å². The van der Waals surface area contributed by atoms with Crippen molar-refractivity contribution in [3.8, 4) is 17.2 Å². The highest BCUT2D eigenvalue weighted by Gasteiger charge is 2.26. The van der Waals surface area contributed by atoms with Crippen LogP contribution in [0.3, 0.4) is 0 Å². The van der Waals surface area contributed by atoms with Crippen molar-refractivity contribution >= 4 is 0 Å². The Morgan fingerprint density at radius 3 is 2.59 bits per heavy atom. The van der Waals surface area contributed by atoms with E-state index in [1.165, 1.54) is 16.7 Å². The maximum Gasteiger partial charge on any atom is 0.160 e. The molecule has 0 aliphatic carbocycles. The highest BCUT2D eigenvalue weighted by atomic mass is 16.5. The Morgan fingerprint density at radius 2 is 1.91 bits per heavy atom. The molecule has 22 heavy (non-hydrogen) atoms. The minimum Gasteiger partial charge on any atom is -0.508 e. The van der Waals surface area contributed by atoms with E-state index in [-0.39, 0.29) is 17.5 Å². The summed E-state index contributed by atoms with van der Waals surface area (Å²) in [5, 5.41) is 19.4. The van der Waals surface area contributed by atoms with E-state index in [0.717, 1.165) is 19.4 Å². The van der Waals surface area contributed by atoms with Crippen molar-refractivity contribution in [3.05, 3.63) is 53.1 Å². The Morgan fingerprint density at radius 1 is 1.18 bits per heavy atom. The maximum atomic E-state index is 9.97. The van der Waals surface area contributed by atoms with E-state index >= 15 is 0 Å². The van der Waals surface area contributed by atoms with Crippen LogP contribution in [0.15, 0.2) is 36.4 Å². The molecule has 0 spiro atoms. The van der Waals surface area contributed by atoms with Crippen molar-refractivity contribution in [2.45, 2.75) is 18.9 Å². The molecule has 1 aliphatic rings. The zero-order valence-electron chi connectivity index (χ0n) is 12.9. The van der Waals surface area contributed by atoms with E-state index < -0.39 is 0 Å². The van der Waals surface area contributed by atoms with Crippen LogP contribution in [0.25, 0.3) is 0 Å². The summed E-state index contributed by atoms with van der Waals surface area (Å²) >= 11 is 0. The van der Waals surface area contributed by atoms with Gasteiger partial charge in [0.1, 0.15) is 5.75 Å². The lowest BCUT2D eigenvalue weighted by molar-refractivity contribution is 0.228. The number of rotatable bonds is 3. The molecule has 116 valence electrons. The number of phenolic OH excluding ortho intramolecular Hbond substituents is 2. The summed E-state index contributed by atoms with van der Waals surface area (Å²) in [4.78, 5) is 2.33. The van der Waals surface area contributed by atoms with Gasteiger partial charge in [0.05, 0.1) is 7.11 Å². The Kier molecular flexibility index (Phi) is 3.94. The van der Waals surface area contributed by atoms with Gasteiger partial charge in [0, 0.05) is 12.6 Å². The highest BCUT2D eigenvalue weighted by Crippen LogP contribution is 2.38. The average molecular weight is 299 g/mol. The zero-order valence-corrected chi connectivity index (χ0v) is 12.9. The van der Waals surface area contributed by atoms with Gasteiger partial charge >= 0.3 is 0 Å². The summed E-state index contributed by atoms with van der Waals surface area (Å²) in [5.74, 6) is 1.01. The van der Waals surface area contributed by atoms with Crippen LogP contribution in [0, 0.1) is 0 Å². The number of benzene rings is 2. The van der Waals surface area contributed by atoms with Crippen molar-refractivity contribution < 1.29 is 14.9 Å². The number of ether oxygens (including phenoxy) is 1. The first-order valence-electron chi connectivity index (χ1n) is 7.46. The van der Waals surface area contributed by atoms with E-state index in [0.29, 0.717) is 5.75 Å². The summed E-state index contributed by atoms with van der Waals surface area (Å²) in [6.45, 7) is 0.960. The number of methoxy groups -OCH3 is 1. The molecule has 0 saturated carbocycles. The predicted octanol–water partition coefficient (Wildman–Crippen LogP) is 2.88. The third-order valence-corrected chi connectivity index (χ3v) is 4.43. The fraction of sp³-hybridized carbons (Fsp3) is 0.333. The van der Waals surface area contributed by atoms with Crippen LogP contribution in [0.4, 0.5) is 0 Å². The second-order valence-electron chi connectivity index (χ2n) is 5.84. The second-order valence-corrected chi connectivity index (χ2v) is 5.84. The quantitative estimate of drug-likeness (QED) is 0.915. The van der Waals surface area contributed by atoms with Gasteiger partial charge in [-0.3, -0.25) is 4.90 Å². The van der Waals surface area contributed by atoms with Gasteiger partial charge in [-0.25, -0.2) is 0 Å². The number of fused-ring (bicyclic) bond motifs is 1. The van der Waals surface area contributed by atoms with Crippen molar-refractivity contribution in [2.24, 2.45) is 0 Å². The SMILES string of the molecule is COc1cc2c(cc1O)CCN(C)[C@H]2Cc1ccc(O)cc1. The van der Waals surface area contributed by atoms with Crippen LogP contribution in [0.1, 0.15) is 22.7 Å². The first kappa shape index (κ1) is 14.7. The lowest BCUT2D eigenvalue weighted by atomic mass is 9.88. The molecule has 2 N–H and O–H groups in total. The standard InChI is InChI=1S/C18H21NO3/c1-19-8-7-13-10-17(21)18(22-2)11-15(13)16(19)9-12-3-5-14(20)6-4-12/h3-6,10-11,16,20-21H,7-9H2,1-2H3/t16-/m0/s1. The number of nitrogens with zero attached hydrogens (tertiary/aromatic N) is 1. The minimum absolute atomic E-state index is 0.203. The molecule has 0 aromatic heterocycles. The van der Waals surface area contributed by atoms with Crippen LogP contribution < -0.4 is 4.74 Å². The van der Waals surface area contributed by atoms with E-state index in [1.807, 2.05) is 24.3 Å². The van der Waals surface area contributed by atoms with E-state index in [9.17, 15) is 10.2 Å². The second kappa shape index (κ2) is 5.89. The largest absolute Gasteiger partial charge is 0.508 e. The molecule has 2 aromatic carbocycles. The van der Waals surface area contributed by atoms with Gasteiger partial charge < -0.3 is 14.9 Å². The number of hydrogen-bond donors (Lipinski definition) is 2. The van der Waals surface area contributed by atoms with Gasteiger partial charge in [0.2, 0.25) is 0 Å². The molecule has 1 aliphatic heterocycles. The number of aromatic hydroxyl groups is 2. The molecule has 0 amide bonds. The van der Waals surface area contributed by atoms with Gasteiger partial charge in [-0.15, -0.1) is 0 Å². The molecule has 2 aromatic rings. The molecular formula is C18H21NO3. The Labute approximate surface area is 130 Å². The van der Waals surface area contributed by atoms with Gasteiger partial charge in [0.15, 0.2) is 11.5 Å². The predicted molar refractivity (Wildman–Crippen MR) is 85.5 cm³/mol. The molecule has 0 saturated heterocycles. The van der Waals surface area contributed by atoms with Gasteiger partial charge in [-0.05, 0) is 60.8 Å². The maximum absolute atomic E-state index is 9.97. The van der Waals surface area contributed by atoms with Crippen molar-refractivity contribution in [2.75, 3.05) is 20.7 Å². The topological polar surface area (TPSA) is 52.9 Å². The van der Waals surface area contributed by atoms with Gasteiger partial charge in [0.25, 0.3) is 0 Å². The molecule has 0 radical (unpaired) electrons. The summed E-state index contributed by atoms with van der Waals surface area (Å²) < 4.78 is 5.26. The number of phenols is 2. The smallest absolute Gasteiger partial charge is 0.160 e. The van der Waals surface area contributed by atoms with E-state index in [4.69, 9.17) is 4.74 Å². The summed E-state index contributed by atoms with van der Waals surface area (Å²) in [6, 6.07) is 11.4. The molecule has 3 rings (SSSR count). The molecule has 0 unspecified atom stereocenters. The lowest BCUT2D eigenvalue weighted by Gasteiger charge is -2.35. The van der Waals surface area contributed by atoms with Crippen LogP contribution in [-0.2, 0) is 12.8 Å². The molecule has 1 atom stereocenters. The summed E-state index contributed by atoms with van der Waals surface area (Å²) in [7, 11) is 3.69. The fourth-order valence-electron chi connectivity index (χ4n) is 3.13. The number of hydrogen-bond acceptors (Lipinski definition) is 4. The lowest BCUT2D eigenvalue weighted by Crippen LogP contribution is -2.33. The summed E-state index contributed by atoms with van der Waals surface area (Å²) in [5.41, 5.74) is 3.56. The Balaban J connectivity index is 1.96. The molecular weight excluding hydrogens is 278 g/mol. The van der Waals surface area contributed by atoms with Crippen molar-refractivity contribution in [3.63, 3.8) is 0 Å². The average Bonchev–Trinajstić information content (AvgIpc) is 2.52.